The van der Waals surface area contributed by atoms with Crippen molar-refractivity contribution in [3.8, 4) is 11.8 Å². The summed E-state index contributed by atoms with van der Waals surface area (Å²) in [6, 6.07) is 7.39. The molecule has 1 N–H and O–H groups in total. The molecule has 1 aromatic heterocycles. The zero-order valence-corrected chi connectivity index (χ0v) is 13.5. The summed E-state index contributed by atoms with van der Waals surface area (Å²) < 4.78 is 6.50. The van der Waals surface area contributed by atoms with Gasteiger partial charge < -0.3 is 14.7 Å². The van der Waals surface area contributed by atoms with Crippen LogP contribution < -0.4 is 4.74 Å². The first kappa shape index (κ1) is 16.0. The number of carboxylic acid groups (broad SMARTS) is 1. The molecule has 0 radical (unpaired) electrons. The van der Waals surface area contributed by atoms with Crippen LogP contribution in [0.1, 0.15) is 25.8 Å². The van der Waals surface area contributed by atoms with Gasteiger partial charge in [-0.2, -0.15) is 5.26 Å². The second-order valence-electron chi connectivity index (χ2n) is 5.71. The van der Waals surface area contributed by atoms with Crippen molar-refractivity contribution in [2.45, 2.75) is 26.3 Å². The van der Waals surface area contributed by atoms with E-state index >= 15 is 0 Å². The van der Waals surface area contributed by atoms with Crippen LogP contribution in [0.15, 0.2) is 18.2 Å². The SMILES string of the molecule is CC(C)(C)N(CCOc1ccc2nc(C#N)sc2c1)C(=O)O. The van der Waals surface area contributed by atoms with Gasteiger partial charge in [0.15, 0.2) is 5.01 Å². The summed E-state index contributed by atoms with van der Waals surface area (Å²) in [6.07, 6.45) is -0.965. The molecule has 2 aromatic rings. The third-order valence-electron chi connectivity index (χ3n) is 3.08. The van der Waals surface area contributed by atoms with E-state index in [-0.39, 0.29) is 13.2 Å². The largest absolute Gasteiger partial charge is 0.492 e. The summed E-state index contributed by atoms with van der Waals surface area (Å²) in [6.45, 7) is 6.07. The molecule has 0 aliphatic carbocycles. The molecule has 0 fully saturated rings. The Kier molecular flexibility index (Phi) is 4.52. The molecule has 2 rings (SSSR count). The lowest BCUT2D eigenvalue weighted by atomic mass is 10.1. The molecule has 0 bridgehead atoms. The van der Waals surface area contributed by atoms with E-state index in [0.29, 0.717) is 10.8 Å². The van der Waals surface area contributed by atoms with Gasteiger partial charge in [0.25, 0.3) is 0 Å². The Labute approximate surface area is 132 Å². The van der Waals surface area contributed by atoms with Crippen molar-refractivity contribution in [3.63, 3.8) is 0 Å². The number of nitriles is 1. The number of nitrogens with zero attached hydrogens (tertiary/aromatic N) is 3. The summed E-state index contributed by atoms with van der Waals surface area (Å²) in [5.74, 6) is 0.639. The number of aromatic nitrogens is 1. The lowest BCUT2D eigenvalue weighted by Gasteiger charge is -2.32. The van der Waals surface area contributed by atoms with Crippen molar-refractivity contribution in [1.29, 1.82) is 5.26 Å². The molecule has 116 valence electrons. The minimum absolute atomic E-state index is 0.263. The van der Waals surface area contributed by atoms with Gasteiger partial charge in [0.1, 0.15) is 18.4 Å². The molecule has 0 saturated carbocycles. The Hall–Kier alpha value is -2.33. The zero-order chi connectivity index (χ0) is 16.3. The third-order valence-corrected chi connectivity index (χ3v) is 4.00. The van der Waals surface area contributed by atoms with Crippen LogP contribution in [0.2, 0.25) is 0 Å². The average molecular weight is 319 g/mol. The second-order valence-corrected chi connectivity index (χ2v) is 6.74. The summed E-state index contributed by atoms with van der Waals surface area (Å²) in [5.41, 5.74) is 0.286. The van der Waals surface area contributed by atoms with E-state index in [2.05, 4.69) is 4.98 Å². The van der Waals surface area contributed by atoms with Crippen LogP contribution in [0.3, 0.4) is 0 Å². The minimum Gasteiger partial charge on any atom is -0.492 e. The number of benzene rings is 1. The molecule has 6 nitrogen and oxygen atoms in total. The number of hydrogen-bond acceptors (Lipinski definition) is 5. The number of thiazole rings is 1. The maximum absolute atomic E-state index is 11.2. The molecular weight excluding hydrogens is 302 g/mol. The molecular formula is C15H17N3O3S. The van der Waals surface area contributed by atoms with Gasteiger partial charge in [-0.25, -0.2) is 9.78 Å². The van der Waals surface area contributed by atoms with Crippen LogP contribution in [0, 0.1) is 11.3 Å². The van der Waals surface area contributed by atoms with Crippen LogP contribution in [0.5, 0.6) is 5.75 Å². The summed E-state index contributed by atoms with van der Waals surface area (Å²) in [5, 5.41) is 18.5. The highest BCUT2D eigenvalue weighted by Gasteiger charge is 2.25. The molecule has 0 aliphatic heterocycles. The van der Waals surface area contributed by atoms with E-state index in [1.807, 2.05) is 32.9 Å². The van der Waals surface area contributed by atoms with E-state index in [1.165, 1.54) is 16.2 Å². The van der Waals surface area contributed by atoms with Crippen LogP contribution in [-0.2, 0) is 0 Å². The number of ether oxygens (including phenoxy) is 1. The second kappa shape index (κ2) is 6.20. The molecule has 22 heavy (non-hydrogen) atoms. The fraction of sp³-hybridized carbons (Fsp3) is 0.400. The van der Waals surface area contributed by atoms with Crippen LogP contribution in [-0.4, -0.2) is 39.8 Å². The Morgan fingerprint density at radius 3 is 2.82 bits per heavy atom. The van der Waals surface area contributed by atoms with Gasteiger partial charge in [0.05, 0.1) is 16.8 Å². The third kappa shape index (κ3) is 3.65. The van der Waals surface area contributed by atoms with E-state index in [0.717, 1.165) is 10.2 Å². The van der Waals surface area contributed by atoms with Gasteiger partial charge in [0.2, 0.25) is 0 Å². The van der Waals surface area contributed by atoms with Crippen molar-refractivity contribution in [3.05, 3.63) is 23.2 Å². The predicted octanol–water partition coefficient (Wildman–Crippen LogP) is 3.33. The fourth-order valence-corrected chi connectivity index (χ4v) is 2.81. The van der Waals surface area contributed by atoms with E-state index in [1.54, 1.807) is 12.1 Å². The first-order chi connectivity index (χ1) is 10.3. The van der Waals surface area contributed by atoms with E-state index < -0.39 is 11.6 Å². The van der Waals surface area contributed by atoms with Gasteiger partial charge >= 0.3 is 6.09 Å². The van der Waals surface area contributed by atoms with Gasteiger partial charge in [-0.15, -0.1) is 11.3 Å². The normalized spacial score (nSPS) is 11.2. The summed E-state index contributed by atoms with van der Waals surface area (Å²) in [7, 11) is 0. The monoisotopic (exact) mass is 319 g/mol. The number of fused-ring (bicyclic) bond motifs is 1. The standard InChI is InChI=1S/C15H17N3O3S/c1-15(2,3)18(14(19)20)6-7-21-10-4-5-11-12(8-10)22-13(9-16)17-11/h4-5,8H,6-7H2,1-3H3,(H,19,20). The van der Waals surface area contributed by atoms with E-state index in [9.17, 15) is 9.90 Å². The molecule has 1 aromatic carbocycles. The number of amides is 1. The fourth-order valence-electron chi connectivity index (χ4n) is 2.02. The highest BCUT2D eigenvalue weighted by Crippen LogP contribution is 2.26. The van der Waals surface area contributed by atoms with Crippen LogP contribution >= 0.6 is 11.3 Å². The van der Waals surface area contributed by atoms with Crippen molar-refractivity contribution in [2.75, 3.05) is 13.2 Å². The maximum atomic E-state index is 11.2. The predicted molar refractivity (Wildman–Crippen MR) is 84.3 cm³/mol. The summed E-state index contributed by atoms with van der Waals surface area (Å²) in [4.78, 5) is 16.7. The smallest absolute Gasteiger partial charge is 0.407 e. The molecule has 1 heterocycles. The van der Waals surface area contributed by atoms with Crippen molar-refractivity contribution in [2.24, 2.45) is 0 Å². The van der Waals surface area contributed by atoms with Gasteiger partial charge in [-0.3, -0.25) is 0 Å². The Morgan fingerprint density at radius 2 is 2.23 bits per heavy atom. The molecule has 0 unspecified atom stereocenters. The number of hydrogen-bond donors (Lipinski definition) is 1. The molecule has 0 aliphatic rings. The first-order valence-electron chi connectivity index (χ1n) is 6.75. The molecule has 0 saturated heterocycles. The van der Waals surface area contributed by atoms with Crippen LogP contribution in [0.25, 0.3) is 10.2 Å². The number of carbonyl (C=O) groups is 1. The van der Waals surface area contributed by atoms with Crippen molar-refractivity contribution < 1.29 is 14.6 Å². The topological polar surface area (TPSA) is 86.5 Å². The molecule has 0 spiro atoms. The minimum atomic E-state index is -0.965. The Morgan fingerprint density at radius 1 is 1.50 bits per heavy atom. The van der Waals surface area contributed by atoms with Gasteiger partial charge in [0, 0.05) is 5.54 Å². The molecule has 1 amide bonds. The lowest BCUT2D eigenvalue weighted by molar-refractivity contribution is 0.0892. The van der Waals surface area contributed by atoms with Crippen molar-refractivity contribution in [1.82, 2.24) is 9.88 Å². The number of rotatable bonds is 4. The van der Waals surface area contributed by atoms with Crippen LogP contribution in [0.4, 0.5) is 4.79 Å². The van der Waals surface area contributed by atoms with Crippen molar-refractivity contribution >= 4 is 27.6 Å². The average Bonchev–Trinajstić information content (AvgIpc) is 2.83. The molecule has 0 atom stereocenters. The first-order valence-corrected chi connectivity index (χ1v) is 7.57. The zero-order valence-electron chi connectivity index (χ0n) is 12.7. The quantitative estimate of drug-likeness (QED) is 0.934. The van der Waals surface area contributed by atoms with E-state index in [4.69, 9.17) is 10.00 Å². The highest BCUT2D eigenvalue weighted by molar-refractivity contribution is 7.19. The molecule has 7 heteroatoms. The lowest BCUT2D eigenvalue weighted by Crippen LogP contribution is -2.46. The Bertz CT molecular complexity index is 728. The Balaban J connectivity index is 2.02. The highest BCUT2D eigenvalue weighted by atomic mass is 32.1. The summed E-state index contributed by atoms with van der Waals surface area (Å²) >= 11 is 1.30. The maximum Gasteiger partial charge on any atom is 0.407 e. The van der Waals surface area contributed by atoms with Gasteiger partial charge in [-0.1, -0.05) is 0 Å². The van der Waals surface area contributed by atoms with Gasteiger partial charge in [-0.05, 0) is 39.0 Å².